The van der Waals surface area contributed by atoms with Crippen molar-refractivity contribution in [3.05, 3.63) is 66.4 Å². The Labute approximate surface area is 173 Å². The summed E-state index contributed by atoms with van der Waals surface area (Å²) in [6.45, 7) is 3.19. The van der Waals surface area contributed by atoms with E-state index in [-0.39, 0.29) is 5.91 Å². The van der Waals surface area contributed by atoms with Crippen LogP contribution in [0.5, 0.6) is 0 Å². The fraction of sp³-hybridized carbons (Fsp3) is 0.360. The van der Waals surface area contributed by atoms with Gasteiger partial charge in [-0.3, -0.25) is 9.78 Å². The zero-order chi connectivity index (χ0) is 20.1. The number of pyridine rings is 1. The summed E-state index contributed by atoms with van der Waals surface area (Å²) in [5.74, 6) is -0.0745. The quantitative estimate of drug-likeness (QED) is 0.561. The van der Waals surface area contributed by atoms with Gasteiger partial charge in [0.2, 0.25) is 0 Å². The Hall–Kier alpha value is -2.88. The summed E-state index contributed by atoms with van der Waals surface area (Å²) in [5, 5.41) is 4.08. The third-order valence-electron chi connectivity index (χ3n) is 5.79. The summed E-state index contributed by atoms with van der Waals surface area (Å²) in [5.41, 5.74) is 3.44. The van der Waals surface area contributed by atoms with Gasteiger partial charge in [0.25, 0.3) is 5.91 Å². The number of rotatable bonds is 6. The molecule has 1 N–H and O–H groups in total. The first-order valence-corrected chi connectivity index (χ1v) is 10.8. The van der Waals surface area contributed by atoms with Crippen LogP contribution in [0.3, 0.4) is 0 Å². The highest BCUT2D eigenvalue weighted by atomic mass is 16.1. The molecule has 0 radical (unpaired) electrons. The normalized spacial score (nSPS) is 14.7. The standard InChI is InChI=1S/C25H29N3O/c1-2-16-28(21-11-4-3-5-12-21)24-15-9-7-13-22(24)25(29)27-20-17-19-10-6-8-14-23(19)26-18-20/h6-10,13-15,17-18,21H,2-5,11-12,16H2,1H3,(H,27,29). The molecular weight excluding hydrogens is 358 g/mol. The number of hydrogen-bond acceptors (Lipinski definition) is 3. The van der Waals surface area contributed by atoms with E-state index in [1.54, 1.807) is 6.20 Å². The van der Waals surface area contributed by atoms with E-state index in [0.29, 0.717) is 6.04 Å². The monoisotopic (exact) mass is 387 g/mol. The van der Waals surface area contributed by atoms with E-state index in [2.05, 4.69) is 28.2 Å². The number of benzene rings is 2. The minimum absolute atomic E-state index is 0.0745. The molecule has 1 aliphatic rings. The Morgan fingerprint density at radius 3 is 2.66 bits per heavy atom. The second-order valence-corrected chi connectivity index (χ2v) is 7.87. The van der Waals surface area contributed by atoms with Crippen LogP contribution in [0.1, 0.15) is 55.8 Å². The Kier molecular flexibility index (Phi) is 6.09. The van der Waals surface area contributed by atoms with Crippen LogP contribution in [0.25, 0.3) is 10.9 Å². The molecule has 0 unspecified atom stereocenters. The molecule has 1 heterocycles. The number of nitrogens with one attached hydrogen (secondary N) is 1. The van der Waals surface area contributed by atoms with E-state index in [4.69, 9.17) is 0 Å². The van der Waals surface area contributed by atoms with Crippen molar-refractivity contribution in [2.45, 2.75) is 51.5 Å². The maximum atomic E-state index is 13.2. The molecule has 1 aliphatic carbocycles. The van der Waals surface area contributed by atoms with Gasteiger partial charge in [-0.05, 0) is 43.5 Å². The van der Waals surface area contributed by atoms with E-state index >= 15 is 0 Å². The molecule has 4 rings (SSSR count). The Balaban J connectivity index is 1.60. The molecule has 1 amide bonds. The molecule has 0 aliphatic heterocycles. The third-order valence-corrected chi connectivity index (χ3v) is 5.79. The van der Waals surface area contributed by atoms with Crippen LogP contribution in [0.2, 0.25) is 0 Å². The Bertz CT molecular complexity index is 978. The number of anilines is 2. The summed E-state index contributed by atoms with van der Waals surface area (Å²) in [7, 11) is 0. The summed E-state index contributed by atoms with van der Waals surface area (Å²) >= 11 is 0. The molecule has 0 atom stereocenters. The summed E-state index contributed by atoms with van der Waals surface area (Å²) in [4.78, 5) is 20.1. The van der Waals surface area contributed by atoms with Crippen molar-refractivity contribution < 1.29 is 4.79 Å². The smallest absolute Gasteiger partial charge is 0.257 e. The van der Waals surface area contributed by atoms with Crippen LogP contribution in [0.4, 0.5) is 11.4 Å². The molecule has 150 valence electrons. The Morgan fingerprint density at radius 1 is 1.07 bits per heavy atom. The molecule has 0 bridgehead atoms. The molecule has 1 saturated carbocycles. The van der Waals surface area contributed by atoms with Gasteiger partial charge in [0.1, 0.15) is 0 Å². The first-order valence-electron chi connectivity index (χ1n) is 10.8. The van der Waals surface area contributed by atoms with Crippen molar-refractivity contribution in [3.8, 4) is 0 Å². The predicted octanol–water partition coefficient (Wildman–Crippen LogP) is 6.04. The average Bonchev–Trinajstić information content (AvgIpc) is 2.78. The van der Waals surface area contributed by atoms with E-state index in [9.17, 15) is 4.79 Å². The van der Waals surface area contributed by atoms with Crippen molar-refractivity contribution in [2.24, 2.45) is 0 Å². The molecular formula is C25H29N3O. The summed E-state index contributed by atoms with van der Waals surface area (Å²) < 4.78 is 0. The molecule has 29 heavy (non-hydrogen) atoms. The second kappa shape index (κ2) is 9.08. The van der Waals surface area contributed by atoms with Crippen molar-refractivity contribution in [3.63, 3.8) is 0 Å². The van der Waals surface area contributed by atoms with E-state index in [0.717, 1.165) is 40.8 Å². The van der Waals surface area contributed by atoms with Gasteiger partial charge < -0.3 is 10.2 Å². The predicted molar refractivity (Wildman–Crippen MR) is 121 cm³/mol. The van der Waals surface area contributed by atoms with Crippen molar-refractivity contribution in [1.29, 1.82) is 0 Å². The van der Waals surface area contributed by atoms with E-state index in [1.807, 2.05) is 48.5 Å². The Morgan fingerprint density at radius 2 is 1.83 bits per heavy atom. The van der Waals surface area contributed by atoms with Crippen LogP contribution in [0, 0.1) is 0 Å². The molecule has 4 nitrogen and oxygen atoms in total. The zero-order valence-electron chi connectivity index (χ0n) is 17.1. The lowest BCUT2D eigenvalue weighted by atomic mass is 9.93. The highest BCUT2D eigenvalue weighted by molar-refractivity contribution is 6.08. The van der Waals surface area contributed by atoms with Gasteiger partial charge in [0.15, 0.2) is 0 Å². The lowest BCUT2D eigenvalue weighted by molar-refractivity contribution is 0.102. The van der Waals surface area contributed by atoms with Crippen LogP contribution in [-0.4, -0.2) is 23.5 Å². The van der Waals surface area contributed by atoms with Gasteiger partial charge in [-0.2, -0.15) is 0 Å². The average molecular weight is 388 g/mol. The number of amides is 1. The number of fused-ring (bicyclic) bond motifs is 1. The number of carbonyl (C=O) groups excluding carboxylic acids is 1. The van der Waals surface area contributed by atoms with Gasteiger partial charge >= 0.3 is 0 Å². The van der Waals surface area contributed by atoms with Gasteiger partial charge in [0.05, 0.1) is 23.0 Å². The van der Waals surface area contributed by atoms with Gasteiger partial charge in [-0.1, -0.05) is 56.5 Å². The number of hydrogen-bond donors (Lipinski definition) is 1. The minimum Gasteiger partial charge on any atom is -0.368 e. The minimum atomic E-state index is -0.0745. The topological polar surface area (TPSA) is 45.2 Å². The maximum absolute atomic E-state index is 13.2. The first kappa shape index (κ1) is 19.4. The number of carbonyl (C=O) groups is 1. The molecule has 0 spiro atoms. The molecule has 4 heteroatoms. The van der Waals surface area contributed by atoms with E-state index < -0.39 is 0 Å². The number of nitrogens with zero attached hydrogens (tertiary/aromatic N) is 2. The van der Waals surface area contributed by atoms with E-state index in [1.165, 1.54) is 32.1 Å². The maximum Gasteiger partial charge on any atom is 0.257 e. The zero-order valence-corrected chi connectivity index (χ0v) is 17.1. The number of para-hydroxylation sites is 2. The van der Waals surface area contributed by atoms with Crippen LogP contribution in [0.15, 0.2) is 60.8 Å². The SMILES string of the molecule is CCCN(c1ccccc1C(=O)Nc1cnc2ccccc2c1)C1CCCCC1. The largest absolute Gasteiger partial charge is 0.368 e. The summed E-state index contributed by atoms with van der Waals surface area (Å²) in [6.07, 6.45) is 9.11. The summed E-state index contributed by atoms with van der Waals surface area (Å²) in [6, 6.07) is 18.5. The van der Waals surface area contributed by atoms with Crippen molar-refractivity contribution >= 4 is 28.2 Å². The van der Waals surface area contributed by atoms with Crippen LogP contribution >= 0.6 is 0 Å². The van der Waals surface area contributed by atoms with Crippen molar-refractivity contribution in [2.75, 3.05) is 16.8 Å². The lowest BCUT2D eigenvalue weighted by Crippen LogP contribution is -2.38. The van der Waals surface area contributed by atoms with Crippen LogP contribution in [-0.2, 0) is 0 Å². The van der Waals surface area contributed by atoms with Crippen molar-refractivity contribution in [1.82, 2.24) is 4.98 Å². The molecule has 3 aromatic rings. The highest BCUT2D eigenvalue weighted by Crippen LogP contribution is 2.30. The third kappa shape index (κ3) is 4.42. The fourth-order valence-electron chi connectivity index (χ4n) is 4.39. The fourth-order valence-corrected chi connectivity index (χ4v) is 4.39. The van der Waals surface area contributed by atoms with Gasteiger partial charge in [-0.25, -0.2) is 0 Å². The molecule has 2 aromatic carbocycles. The lowest BCUT2D eigenvalue weighted by Gasteiger charge is -2.37. The second-order valence-electron chi connectivity index (χ2n) is 7.87. The first-order chi connectivity index (χ1) is 14.3. The van der Waals surface area contributed by atoms with Crippen LogP contribution < -0.4 is 10.2 Å². The molecule has 1 aromatic heterocycles. The highest BCUT2D eigenvalue weighted by Gasteiger charge is 2.24. The molecule has 0 saturated heterocycles. The van der Waals surface area contributed by atoms with Gasteiger partial charge in [0, 0.05) is 23.7 Å². The molecule has 1 fully saturated rings. The van der Waals surface area contributed by atoms with Gasteiger partial charge in [-0.15, -0.1) is 0 Å². The number of aromatic nitrogens is 1.